The van der Waals surface area contributed by atoms with Crippen molar-refractivity contribution in [2.24, 2.45) is 0 Å². The van der Waals surface area contributed by atoms with Gasteiger partial charge in [0.25, 0.3) is 0 Å². The molecule has 0 aliphatic heterocycles. The third-order valence-electron chi connectivity index (χ3n) is 3.62. The van der Waals surface area contributed by atoms with Gasteiger partial charge < -0.3 is 24.6 Å². The van der Waals surface area contributed by atoms with Gasteiger partial charge in [0.2, 0.25) is 0 Å². The van der Waals surface area contributed by atoms with Crippen LogP contribution in [0.2, 0.25) is 0 Å². The first-order valence-electron chi connectivity index (χ1n) is 8.04. The van der Waals surface area contributed by atoms with E-state index in [0.29, 0.717) is 36.1 Å². The fourth-order valence-electron chi connectivity index (χ4n) is 2.33. The fraction of sp³-hybridized carbons (Fsp3) is 0.316. The molecular weight excluding hydrogens is 322 g/mol. The monoisotopic (exact) mass is 345 g/mol. The molecule has 25 heavy (non-hydrogen) atoms. The molecule has 0 aromatic heterocycles. The van der Waals surface area contributed by atoms with Crippen molar-refractivity contribution in [2.75, 3.05) is 26.1 Å². The number of aromatic carboxylic acids is 1. The molecule has 6 heteroatoms. The number of carboxylic acids is 1. The molecule has 0 fully saturated rings. The molecule has 0 aliphatic carbocycles. The predicted octanol–water partition coefficient (Wildman–Crippen LogP) is 3.80. The number of rotatable bonds is 9. The minimum absolute atomic E-state index is 0.198. The van der Waals surface area contributed by atoms with Crippen LogP contribution in [0.25, 0.3) is 0 Å². The molecule has 0 saturated heterocycles. The van der Waals surface area contributed by atoms with Gasteiger partial charge in [-0.15, -0.1) is 0 Å². The third kappa shape index (κ3) is 4.79. The standard InChI is InChI=1S/C19H23NO5/c1-4-9-25-17-7-5-13(10-18(17)24-3)12-20-15-11-14(19(21)22)6-8-16(15)23-2/h5-8,10-11,20H,4,9,12H2,1-3H3,(H,21,22). The molecule has 0 atom stereocenters. The second-order valence-corrected chi connectivity index (χ2v) is 5.41. The largest absolute Gasteiger partial charge is 0.495 e. The van der Waals surface area contributed by atoms with Crippen LogP contribution in [0.1, 0.15) is 29.3 Å². The van der Waals surface area contributed by atoms with Crippen molar-refractivity contribution >= 4 is 11.7 Å². The van der Waals surface area contributed by atoms with Crippen molar-refractivity contribution in [1.82, 2.24) is 0 Å². The van der Waals surface area contributed by atoms with Crippen LogP contribution in [-0.4, -0.2) is 31.9 Å². The first-order valence-corrected chi connectivity index (χ1v) is 8.04. The van der Waals surface area contributed by atoms with E-state index in [4.69, 9.17) is 19.3 Å². The highest BCUT2D eigenvalue weighted by atomic mass is 16.5. The van der Waals surface area contributed by atoms with Crippen molar-refractivity contribution in [3.05, 3.63) is 47.5 Å². The van der Waals surface area contributed by atoms with Crippen LogP contribution >= 0.6 is 0 Å². The SMILES string of the molecule is CCCOc1ccc(CNc2cc(C(=O)O)ccc2OC)cc1OC. The number of benzene rings is 2. The predicted molar refractivity (Wildman–Crippen MR) is 96.1 cm³/mol. The summed E-state index contributed by atoms with van der Waals surface area (Å²) in [5, 5.41) is 12.3. The second kappa shape index (κ2) is 8.82. The van der Waals surface area contributed by atoms with E-state index in [1.807, 2.05) is 25.1 Å². The molecule has 0 saturated carbocycles. The lowest BCUT2D eigenvalue weighted by Crippen LogP contribution is -2.05. The smallest absolute Gasteiger partial charge is 0.335 e. The summed E-state index contributed by atoms with van der Waals surface area (Å²) in [4.78, 5) is 11.1. The van der Waals surface area contributed by atoms with Crippen molar-refractivity contribution < 1.29 is 24.1 Å². The number of hydrogen-bond donors (Lipinski definition) is 2. The minimum atomic E-state index is -0.982. The maximum absolute atomic E-state index is 11.1. The summed E-state index contributed by atoms with van der Waals surface area (Å²) < 4.78 is 16.3. The van der Waals surface area contributed by atoms with Crippen molar-refractivity contribution in [3.63, 3.8) is 0 Å². The molecule has 0 radical (unpaired) electrons. The Morgan fingerprint density at radius 3 is 2.40 bits per heavy atom. The maximum atomic E-state index is 11.1. The van der Waals surface area contributed by atoms with Crippen LogP contribution in [0.4, 0.5) is 5.69 Å². The Morgan fingerprint density at radius 2 is 1.76 bits per heavy atom. The highest BCUT2D eigenvalue weighted by Gasteiger charge is 2.10. The first-order chi connectivity index (χ1) is 12.1. The van der Waals surface area contributed by atoms with Gasteiger partial charge in [-0.05, 0) is 42.3 Å². The Bertz CT molecular complexity index is 730. The highest BCUT2D eigenvalue weighted by molar-refractivity contribution is 5.89. The molecule has 0 amide bonds. The summed E-state index contributed by atoms with van der Waals surface area (Å²) in [5.41, 5.74) is 1.79. The molecule has 0 heterocycles. The molecule has 2 N–H and O–H groups in total. The van der Waals surface area contributed by atoms with Crippen LogP contribution in [0.3, 0.4) is 0 Å². The number of nitrogens with one attached hydrogen (secondary N) is 1. The normalized spacial score (nSPS) is 10.2. The van der Waals surface area contributed by atoms with Crippen molar-refractivity contribution in [2.45, 2.75) is 19.9 Å². The number of ether oxygens (including phenoxy) is 3. The lowest BCUT2D eigenvalue weighted by Gasteiger charge is -2.14. The van der Waals surface area contributed by atoms with Gasteiger partial charge in [0, 0.05) is 6.54 Å². The average Bonchev–Trinajstić information content (AvgIpc) is 2.64. The van der Waals surface area contributed by atoms with Gasteiger partial charge in [-0.1, -0.05) is 13.0 Å². The molecule has 0 aliphatic rings. The molecule has 0 spiro atoms. The number of carboxylic acid groups (broad SMARTS) is 1. The van der Waals surface area contributed by atoms with Crippen molar-refractivity contribution in [1.29, 1.82) is 0 Å². The molecule has 134 valence electrons. The summed E-state index contributed by atoms with van der Waals surface area (Å²) >= 11 is 0. The van der Waals surface area contributed by atoms with Crippen LogP contribution in [0.15, 0.2) is 36.4 Å². The maximum Gasteiger partial charge on any atom is 0.335 e. The van der Waals surface area contributed by atoms with E-state index < -0.39 is 5.97 Å². The van der Waals surface area contributed by atoms with E-state index in [9.17, 15) is 4.79 Å². The van der Waals surface area contributed by atoms with Gasteiger partial charge in [0.05, 0.1) is 32.1 Å². The number of carbonyl (C=O) groups is 1. The van der Waals surface area contributed by atoms with E-state index in [0.717, 1.165) is 12.0 Å². The Hall–Kier alpha value is -2.89. The Labute approximate surface area is 147 Å². The summed E-state index contributed by atoms with van der Waals surface area (Å²) in [5.74, 6) is 0.974. The quantitative estimate of drug-likeness (QED) is 0.720. The van der Waals surface area contributed by atoms with E-state index in [1.54, 1.807) is 26.4 Å². The van der Waals surface area contributed by atoms with Gasteiger partial charge in [-0.25, -0.2) is 4.79 Å². The Morgan fingerprint density at radius 1 is 1.04 bits per heavy atom. The molecule has 2 aromatic carbocycles. The van der Waals surface area contributed by atoms with Gasteiger partial charge >= 0.3 is 5.97 Å². The molecular formula is C19H23NO5. The summed E-state index contributed by atoms with van der Waals surface area (Å²) in [7, 11) is 3.15. The zero-order chi connectivity index (χ0) is 18.2. The van der Waals surface area contributed by atoms with Crippen LogP contribution in [0, 0.1) is 0 Å². The summed E-state index contributed by atoms with van der Waals surface area (Å²) in [6.07, 6.45) is 0.923. The highest BCUT2D eigenvalue weighted by Crippen LogP contribution is 2.30. The fourth-order valence-corrected chi connectivity index (χ4v) is 2.33. The van der Waals surface area contributed by atoms with Gasteiger partial charge in [-0.2, -0.15) is 0 Å². The van der Waals surface area contributed by atoms with Gasteiger partial charge in [-0.3, -0.25) is 0 Å². The molecule has 0 bridgehead atoms. The number of anilines is 1. The number of hydrogen-bond acceptors (Lipinski definition) is 5. The third-order valence-corrected chi connectivity index (χ3v) is 3.62. The van der Waals surface area contributed by atoms with Crippen LogP contribution in [0.5, 0.6) is 17.2 Å². The van der Waals surface area contributed by atoms with E-state index in [1.165, 1.54) is 6.07 Å². The van der Waals surface area contributed by atoms with E-state index in [-0.39, 0.29) is 5.56 Å². The Balaban J connectivity index is 2.15. The minimum Gasteiger partial charge on any atom is -0.495 e. The average molecular weight is 345 g/mol. The number of methoxy groups -OCH3 is 2. The lowest BCUT2D eigenvalue weighted by atomic mass is 10.1. The molecule has 2 aromatic rings. The topological polar surface area (TPSA) is 77.0 Å². The zero-order valence-electron chi connectivity index (χ0n) is 14.7. The molecule has 2 rings (SSSR count). The lowest BCUT2D eigenvalue weighted by molar-refractivity contribution is 0.0697. The first kappa shape index (κ1) is 18.4. The van der Waals surface area contributed by atoms with E-state index >= 15 is 0 Å². The van der Waals surface area contributed by atoms with Crippen LogP contribution < -0.4 is 19.5 Å². The molecule has 0 unspecified atom stereocenters. The summed E-state index contributed by atoms with van der Waals surface area (Å²) in [6.45, 7) is 3.17. The Kier molecular flexibility index (Phi) is 6.51. The van der Waals surface area contributed by atoms with Gasteiger partial charge in [0.15, 0.2) is 11.5 Å². The van der Waals surface area contributed by atoms with E-state index in [2.05, 4.69) is 5.32 Å². The summed E-state index contributed by atoms with van der Waals surface area (Å²) in [6, 6.07) is 10.4. The van der Waals surface area contributed by atoms with Crippen molar-refractivity contribution in [3.8, 4) is 17.2 Å². The van der Waals surface area contributed by atoms with Gasteiger partial charge in [0.1, 0.15) is 5.75 Å². The second-order valence-electron chi connectivity index (χ2n) is 5.41. The zero-order valence-corrected chi connectivity index (χ0v) is 14.7. The van der Waals surface area contributed by atoms with Crippen LogP contribution in [-0.2, 0) is 6.54 Å². The molecule has 6 nitrogen and oxygen atoms in total.